The van der Waals surface area contributed by atoms with Crippen LogP contribution in [0.4, 0.5) is 0 Å². The van der Waals surface area contributed by atoms with Crippen LogP contribution in [-0.2, 0) is 21.8 Å². The number of thiazole rings is 1. The molecule has 0 N–H and O–H groups in total. The van der Waals surface area contributed by atoms with Crippen molar-refractivity contribution < 1.29 is 17.9 Å². The van der Waals surface area contributed by atoms with Crippen molar-refractivity contribution in [1.82, 2.24) is 8.87 Å². The Morgan fingerprint density at radius 2 is 1.79 bits per heavy atom. The molecule has 152 valence electrons. The number of benzene rings is 2. The number of ether oxygens (including phenoxy) is 1. The Bertz CT molecular complexity index is 1230. The van der Waals surface area contributed by atoms with Crippen LogP contribution in [0.5, 0.6) is 0 Å². The van der Waals surface area contributed by atoms with Gasteiger partial charge in [-0.2, -0.15) is 9.30 Å². The highest BCUT2D eigenvalue weighted by Crippen LogP contribution is 2.20. The van der Waals surface area contributed by atoms with Crippen LogP contribution in [-0.4, -0.2) is 49.5 Å². The van der Waals surface area contributed by atoms with Crippen molar-refractivity contribution in [2.75, 3.05) is 26.3 Å². The highest BCUT2D eigenvalue weighted by molar-refractivity contribution is 7.89. The number of hydrogen-bond donors (Lipinski definition) is 0. The third-order valence-corrected chi connectivity index (χ3v) is 7.94. The minimum atomic E-state index is -3.58. The standard InChI is InChI=1S/C20H21N3O4S2/c1-14-4-3-5-17-18(14)22(2)20(28-17)21-19(24)15-6-8-16(9-7-15)29(25,26)23-10-12-27-13-11-23/h3-9H,10-13H2,1-2H3. The van der Waals surface area contributed by atoms with Gasteiger partial charge in [0.2, 0.25) is 10.0 Å². The van der Waals surface area contributed by atoms with Gasteiger partial charge in [0.25, 0.3) is 5.91 Å². The predicted molar refractivity (Wildman–Crippen MR) is 111 cm³/mol. The summed E-state index contributed by atoms with van der Waals surface area (Å²) in [6.07, 6.45) is 0. The number of nitrogens with zero attached hydrogens (tertiary/aromatic N) is 3. The van der Waals surface area contributed by atoms with E-state index in [2.05, 4.69) is 4.99 Å². The summed E-state index contributed by atoms with van der Waals surface area (Å²) >= 11 is 1.45. The quantitative estimate of drug-likeness (QED) is 0.637. The maximum Gasteiger partial charge on any atom is 0.279 e. The van der Waals surface area contributed by atoms with Gasteiger partial charge in [0, 0.05) is 25.7 Å². The van der Waals surface area contributed by atoms with Crippen LogP contribution < -0.4 is 4.80 Å². The van der Waals surface area contributed by atoms with Gasteiger partial charge in [-0.25, -0.2) is 8.42 Å². The number of rotatable bonds is 3. The second kappa shape index (κ2) is 7.83. The number of carbonyl (C=O) groups excluding carboxylic acids is 1. The first-order chi connectivity index (χ1) is 13.9. The Morgan fingerprint density at radius 3 is 2.45 bits per heavy atom. The van der Waals surface area contributed by atoms with Gasteiger partial charge in [0.15, 0.2) is 4.80 Å². The number of amides is 1. The lowest BCUT2D eigenvalue weighted by atomic mass is 10.2. The minimum absolute atomic E-state index is 0.166. The normalized spacial score (nSPS) is 16.4. The molecule has 3 aromatic rings. The molecule has 2 heterocycles. The van der Waals surface area contributed by atoms with Crippen molar-refractivity contribution in [3.8, 4) is 0 Å². The topological polar surface area (TPSA) is 81.0 Å². The van der Waals surface area contributed by atoms with Crippen LogP contribution in [0.25, 0.3) is 10.2 Å². The summed E-state index contributed by atoms with van der Waals surface area (Å²) in [7, 11) is -1.70. The largest absolute Gasteiger partial charge is 0.379 e. The van der Waals surface area contributed by atoms with Gasteiger partial charge in [-0.1, -0.05) is 23.5 Å². The van der Waals surface area contributed by atoms with E-state index in [-0.39, 0.29) is 4.90 Å². The molecule has 1 saturated heterocycles. The molecule has 0 radical (unpaired) electrons. The molecule has 1 aliphatic rings. The Hall–Kier alpha value is -2.33. The molecule has 0 unspecified atom stereocenters. The molecule has 1 aliphatic heterocycles. The summed E-state index contributed by atoms with van der Waals surface area (Å²) in [5, 5.41) is 0. The fourth-order valence-corrected chi connectivity index (χ4v) is 5.86. The van der Waals surface area contributed by atoms with Gasteiger partial charge in [0.05, 0.1) is 28.3 Å². The van der Waals surface area contributed by atoms with E-state index in [4.69, 9.17) is 4.74 Å². The summed E-state index contributed by atoms with van der Waals surface area (Å²) in [5.41, 5.74) is 2.52. The van der Waals surface area contributed by atoms with Gasteiger partial charge in [-0.3, -0.25) is 4.79 Å². The monoisotopic (exact) mass is 431 g/mol. The Morgan fingerprint density at radius 1 is 1.10 bits per heavy atom. The zero-order valence-electron chi connectivity index (χ0n) is 16.2. The lowest BCUT2D eigenvalue weighted by Gasteiger charge is -2.26. The third kappa shape index (κ3) is 3.78. The van der Waals surface area contributed by atoms with Gasteiger partial charge < -0.3 is 9.30 Å². The highest BCUT2D eigenvalue weighted by atomic mass is 32.2. The number of morpholine rings is 1. The average molecular weight is 432 g/mol. The molecular formula is C20H21N3O4S2. The summed E-state index contributed by atoms with van der Waals surface area (Å²) in [6.45, 7) is 3.47. The highest BCUT2D eigenvalue weighted by Gasteiger charge is 2.26. The lowest BCUT2D eigenvalue weighted by Crippen LogP contribution is -2.40. The first kappa shape index (κ1) is 20.0. The molecule has 2 aromatic carbocycles. The SMILES string of the molecule is Cc1cccc2sc(=NC(=O)c3ccc(S(=O)(=O)N4CCOCC4)cc3)n(C)c12. The van der Waals surface area contributed by atoms with E-state index in [1.807, 2.05) is 36.7 Å². The van der Waals surface area contributed by atoms with E-state index in [1.54, 1.807) is 0 Å². The molecule has 1 fully saturated rings. The van der Waals surface area contributed by atoms with Crippen LogP contribution in [0.2, 0.25) is 0 Å². The van der Waals surface area contributed by atoms with E-state index in [9.17, 15) is 13.2 Å². The van der Waals surface area contributed by atoms with Crippen molar-refractivity contribution in [2.24, 2.45) is 12.0 Å². The fourth-order valence-electron chi connectivity index (χ4n) is 3.36. The van der Waals surface area contributed by atoms with Crippen LogP contribution in [0.15, 0.2) is 52.4 Å². The lowest BCUT2D eigenvalue weighted by molar-refractivity contribution is 0.0730. The van der Waals surface area contributed by atoms with Gasteiger partial charge in [0.1, 0.15) is 0 Å². The summed E-state index contributed by atoms with van der Waals surface area (Å²) in [4.78, 5) is 17.7. The number of sulfonamides is 1. The molecule has 0 saturated carbocycles. The number of hydrogen-bond acceptors (Lipinski definition) is 5. The van der Waals surface area contributed by atoms with Crippen molar-refractivity contribution in [1.29, 1.82) is 0 Å². The molecule has 4 rings (SSSR count). The smallest absolute Gasteiger partial charge is 0.279 e. The van der Waals surface area contributed by atoms with Crippen LogP contribution in [0.3, 0.4) is 0 Å². The summed E-state index contributed by atoms with van der Waals surface area (Å²) in [6, 6.07) is 11.9. The fraction of sp³-hybridized carbons (Fsp3) is 0.300. The second-order valence-corrected chi connectivity index (χ2v) is 9.77. The Balaban J connectivity index is 1.63. The molecule has 0 spiro atoms. The zero-order chi connectivity index (χ0) is 20.6. The van der Waals surface area contributed by atoms with E-state index in [0.29, 0.717) is 36.7 Å². The number of para-hydroxylation sites is 1. The maximum absolute atomic E-state index is 12.7. The van der Waals surface area contributed by atoms with E-state index in [1.165, 1.54) is 39.9 Å². The van der Waals surface area contributed by atoms with Crippen LogP contribution in [0, 0.1) is 6.92 Å². The van der Waals surface area contributed by atoms with Crippen molar-refractivity contribution in [3.63, 3.8) is 0 Å². The van der Waals surface area contributed by atoms with Gasteiger partial charge in [-0.15, -0.1) is 0 Å². The van der Waals surface area contributed by atoms with E-state index < -0.39 is 15.9 Å². The molecule has 7 nitrogen and oxygen atoms in total. The second-order valence-electron chi connectivity index (χ2n) is 6.82. The summed E-state index contributed by atoms with van der Waals surface area (Å²) < 4.78 is 35.0. The molecule has 0 bridgehead atoms. The van der Waals surface area contributed by atoms with Crippen molar-refractivity contribution in [2.45, 2.75) is 11.8 Å². The Kier molecular flexibility index (Phi) is 5.39. The number of aromatic nitrogens is 1. The zero-order valence-corrected chi connectivity index (χ0v) is 17.8. The molecule has 0 aliphatic carbocycles. The Labute approximate surface area is 172 Å². The number of carbonyl (C=O) groups is 1. The van der Waals surface area contributed by atoms with E-state index in [0.717, 1.165) is 15.8 Å². The third-order valence-electron chi connectivity index (χ3n) is 4.93. The molecule has 1 amide bonds. The first-order valence-electron chi connectivity index (χ1n) is 9.20. The van der Waals surface area contributed by atoms with Crippen molar-refractivity contribution in [3.05, 3.63) is 58.4 Å². The first-order valence-corrected chi connectivity index (χ1v) is 11.5. The van der Waals surface area contributed by atoms with Gasteiger partial charge in [-0.05, 0) is 42.8 Å². The van der Waals surface area contributed by atoms with Crippen molar-refractivity contribution >= 4 is 37.5 Å². The molecule has 0 atom stereocenters. The predicted octanol–water partition coefficient (Wildman–Crippen LogP) is 2.31. The van der Waals surface area contributed by atoms with Crippen LogP contribution >= 0.6 is 11.3 Å². The van der Waals surface area contributed by atoms with Crippen LogP contribution in [0.1, 0.15) is 15.9 Å². The molecular weight excluding hydrogens is 410 g/mol. The maximum atomic E-state index is 12.7. The minimum Gasteiger partial charge on any atom is -0.379 e. The number of aryl methyl sites for hydroxylation is 2. The number of fused-ring (bicyclic) bond motifs is 1. The molecule has 29 heavy (non-hydrogen) atoms. The summed E-state index contributed by atoms with van der Waals surface area (Å²) in [5.74, 6) is -0.403. The molecule has 9 heteroatoms. The van der Waals surface area contributed by atoms with Gasteiger partial charge >= 0.3 is 0 Å². The average Bonchev–Trinajstić information content (AvgIpc) is 3.05. The van der Waals surface area contributed by atoms with E-state index >= 15 is 0 Å². The molecule has 1 aromatic heterocycles.